The smallest absolute Gasteiger partial charge is 0.0613 e. The number of aliphatic hydroxyl groups excluding tert-OH is 1. The summed E-state index contributed by atoms with van der Waals surface area (Å²) in [5.74, 6) is 1.12. The third-order valence-corrected chi connectivity index (χ3v) is 6.03. The summed E-state index contributed by atoms with van der Waals surface area (Å²) in [4.78, 5) is 0.877. The van der Waals surface area contributed by atoms with Gasteiger partial charge in [-0.2, -0.15) is 0 Å². The molecule has 3 nitrogen and oxygen atoms in total. The topological polar surface area (TPSA) is 49.3 Å². The maximum absolute atomic E-state index is 12.2. The molecule has 0 radical (unpaired) electrons. The molecule has 1 saturated carbocycles. The predicted octanol–water partition coefficient (Wildman–Crippen LogP) is 2.72. The van der Waals surface area contributed by atoms with Gasteiger partial charge in [-0.1, -0.05) is 37.5 Å². The average Bonchev–Trinajstić information content (AvgIpc) is 2.56. The molecule has 4 heteroatoms. The molecule has 0 saturated heterocycles. The van der Waals surface area contributed by atoms with E-state index in [0.29, 0.717) is 18.2 Å². The van der Waals surface area contributed by atoms with Gasteiger partial charge in [0.05, 0.1) is 17.4 Å². The number of hydrogen-bond acceptors (Lipinski definition) is 3. The van der Waals surface area contributed by atoms with Crippen LogP contribution in [-0.4, -0.2) is 33.8 Å². The molecule has 2 N–H and O–H groups in total. The summed E-state index contributed by atoms with van der Waals surface area (Å²) < 4.78 is 12.2. The van der Waals surface area contributed by atoms with E-state index in [1.165, 1.54) is 32.1 Å². The number of hydrogen-bond donors (Lipinski definition) is 2. The molecule has 2 atom stereocenters. The van der Waals surface area contributed by atoms with Crippen molar-refractivity contribution in [1.82, 2.24) is 5.32 Å². The second-order valence-corrected chi connectivity index (χ2v) is 7.77. The fraction of sp³-hybridized carbons (Fsp3) is 0.647. The van der Waals surface area contributed by atoms with Gasteiger partial charge in [0, 0.05) is 22.7 Å². The normalized spacial score (nSPS) is 20.9. The van der Waals surface area contributed by atoms with Crippen LogP contribution in [0.1, 0.15) is 39.0 Å². The van der Waals surface area contributed by atoms with Gasteiger partial charge >= 0.3 is 0 Å². The zero-order chi connectivity index (χ0) is 15.1. The maximum Gasteiger partial charge on any atom is 0.0613 e. The SMILES string of the molecule is C[C@](CO)(NCC[S@@](=O)c1ccccc1)C1CCCCC1. The van der Waals surface area contributed by atoms with Gasteiger partial charge in [0.15, 0.2) is 0 Å². The quantitative estimate of drug-likeness (QED) is 0.814. The summed E-state index contributed by atoms with van der Waals surface area (Å²) in [6.07, 6.45) is 6.21. The first-order chi connectivity index (χ1) is 10.2. The van der Waals surface area contributed by atoms with Crippen LogP contribution in [0.4, 0.5) is 0 Å². The Morgan fingerprint density at radius 3 is 2.52 bits per heavy atom. The Hall–Kier alpha value is -0.710. The fourth-order valence-electron chi connectivity index (χ4n) is 3.19. The highest BCUT2D eigenvalue weighted by Gasteiger charge is 2.33. The molecule has 21 heavy (non-hydrogen) atoms. The van der Waals surface area contributed by atoms with Crippen molar-refractivity contribution in [2.24, 2.45) is 5.92 Å². The summed E-state index contributed by atoms with van der Waals surface area (Å²) in [5.41, 5.74) is -0.235. The van der Waals surface area contributed by atoms with Crippen LogP contribution in [0.3, 0.4) is 0 Å². The summed E-state index contributed by atoms with van der Waals surface area (Å²) in [6, 6.07) is 9.58. The lowest BCUT2D eigenvalue weighted by molar-refractivity contribution is 0.0972. The summed E-state index contributed by atoms with van der Waals surface area (Å²) in [6.45, 7) is 2.93. The van der Waals surface area contributed by atoms with E-state index in [2.05, 4.69) is 12.2 Å². The van der Waals surface area contributed by atoms with E-state index in [4.69, 9.17) is 0 Å². The Morgan fingerprint density at radius 2 is 1.90 bits per heavy atom. The largest absolute Gasteiger partial charge is 0.394 e. The van der Waals surface area contributed by atoms with Crippen LogP contribution in [0.5, 0.6) is 0 Å². The van der Waals surface area contributed by atoms with Gasteiger partial charge in [0.2, 0.25) is 0 Å². The van der Waals surface area contributed by atoms with E-state index in [1.807, 2.05) is 30.3 Å². The number of aliphatic hydroxyl groups is 1. The van der Waals surface area contributed by atoms with Crippen LogP contribution in [-0.2, 0) is 10.8 Å². The minimum absolute atomic E-state index is 0.148. The van der Waals surface area contributed by atoms with Crippen molar-refractivity contribution in [2.75, 3.05) is 18.9 Å². The highest BCUT2D eigenvalue weighted by Crippen LogP contribution is 2.32. The Bertz CT molecular complexity index is 445. The van der Waals surface area contributed by atoms with Crippen LogP contribution >= 0.6 is 0 Å². The van der Waals surface area contributed by atoms with Gasteiger partial charge in [-0.3, -0.25) is 4.21 Å². The van der Waals surface area contributed by atoms with Gasteiger partial charge in [-0.05, 0) is 37.8 Å². The van der Waals surface area contributed by atoms with Crippen molar-refractivity contribution in [3.63, 3.8) is 0 Å². The molecule has 0 heterocycles. The van der Waals surface area contributed by atoms with Crippen LogP contribution in [0.15, 0.2) is 35.2 Å². The zero-order valence-corrected chi connectivity index (χ0v) is 13.7. The molecule has 2 rings (SSSR count). The van der Waals surface area contributed by atoms with Crippen molar-refractivity contribution < 1.29 is 9.32 Å². The first kappa shape index (κ1) is 16.7. The summed E-state index contributed by atoms with van der Waals surface area (Å²) >= 11 is 0. The minimum atomic E-state index is -0.969. The van der Waals surface area contributed by atoms with E-state index >= 15 is 0 Å². The lowest BCUT2D eigenvalue weighted by Crippen LogP contribution is -2.53. The third-order valence-electron chi connectivity index (χ3n) is 4.66. The zero-order valence-electron chi connectivity index (χ0n) is 12.9. The summed E-state index contributed by atoms with van der Waals surface area (Å²) in [5, 5.41) is 13.3. The molecule has 0 unspecified atom stereocenters. The molecular weight excluding hydrogens is 282 g/mol. The van der Waals surface area contributed by atoms with Crippen molar-refractivity contribution in [3.8, 4) is 0 Å². The van der Waals surface area contributed by atoms with Gasteiger partial charge < -0.3 is 10.4 Å². The molecule has 1 aliphatic rings. The first-order valence-electron chi connectivity index (χ1n) is 7.95. The van der Waals surface area contributed by atoms with E-state index in [1.54, 1.807) is 0 Å². The molecule has 118 valence electrons. The van der Waals surface area contributed by atoms with E-state index in [-0.39, 0.29) is 12.1 Å². The monoisotopic (exact) mass is 309 g/mol. The second kappa shape index (κ2) is 8.06. The highest BCUT2D eigenvalue weighted by molar-refractivity contribution is 7.85. The third kappa shape index (κ3) is 4.63. The Labute approximate surface area is 130 Å². The average molecular weight is 309 g/mol. The lowest BCUT2D eigenvalue weighted by atomic mass is 9.76. The van der Waals surface area contributed by atoms with Crippen LogP contribution in [0.2, 0.25) is 0 Å². The molecular formula is C17H27NO2S. The molecule has 0 aliphatic heterocycles. The number of rotatable bonds is 7. The standard InChI is InChI=1S/C17H27NO2S/c1-17(14-19,15-8-4-2-5-9-15)18-12-13-21(20)16-10-6-3-7-11-16/h3,6-7,10-11,15,18-19H,2,4-5,8-9,12-14H2,1H3/t17-,21-/m1/s1. The molecule has 0 aromatic heterocycles. The maximum atomic E-state index is 12.2. The predicted molar refractivity (Wildman–Crippen MR) is 87.8 cm³/mol. The molecule has 0 spiro atoms. The van der Waals surface area contributed by atoms with Gasteiger partial charge in [-0.15, -0.1) is 0 Å². The Kier molecular flexibility index (Phi) is 6.40. The number of nitrogens with one attached hydrogen (secondary N) is 1. The molecule has 0 amide bonds. The Morgan fingerprint density at radius 1 is 1.24 bits per heavy atom. The lowest BCUT2D eigenvalue weighted by Gasteiger charge is -2.39. The van der Waals surface area contributed by atoms with Crippen LogP contribution < -0.4 is 5.32 Å². The molecule has 1 aromatic carbocycles. The molecule has 1 aliphatic carbocycles. The van der Waals surface area contributed by atoms with E-state index in [9.17, 15) is 9.32 Å². The van der Waals surface area contributed by atoms with E-state index in [0.717, 1.165) is 4.90 Å². The van der Waals surface area contributed by atoms with Crippen LogP contribution in [0.25, 0.3) is 0 Å². The Balaban J connectivity index is 1.84. The van der Waals surface area contributed by atoms with Crippen molar-refractivity contribution >= 4 is 10.8 Å². The minimum Gasteiger partial charge on any atom is -0.394 e. The molecule has 1 aromatic rings. The van der Waals surface area contributed by atoms with Gasteiger partial charge in [0.25, 0.3) is 0 Å². The van der Waals surface area contributed by atoms with Gasteiger partial charge in [-0.25, -0.2) is 0 Å². The van der Waals surface area contributed by atoms with Crippen LogP contribution in [0, 0.1) is 5.92 Å². The highest BCUT2D eigenvalue weighted by atomic mass is 32.2. The van der Waals surface area contributed by atoms with Crippen molar-refractivity contribution in [3.05, 3.63) is 30.3 Å². The van der Waals surface area contributed by atoms with Crippen molar-refractivity contribution in [1.29, 1.82) is 0 Å². The number of benzene rings is 1. The molecule has 0 bridgehead atoms. The second-order valence-electron chi connectivity index (χ2n) is 6.20. The fourth-order valence-corrected chi connectivity index (χ4v) is 4.17. The molecule has 1 fully saturated rings. The van der Waals surface area contributed by atoms with Gasteiger partial charge in [0.1, 0.15) is 0 Å². The van der Waals surface area contributed by atoms with E-state index < -0.39 is 10.8 Å². The first-order valence-corrected chi connectivity index (χ1v) is 9.27. The van der Waals surface area contributed by atoms with Crippen molar-refractivity contribution in [2.45, 2.75) is 49.5 Å². The summed E-state index contributed by atoms with van der Waals surface area (Å²) in [7, 11) is -0.969.